The third-order valence-corrected chi connectivity index (χ3v) is 5.84. The van der Waals surface area contributed by atoms with E-state index in [0.29, 0.717) is 27.5 Å². The molecule has 3 aromatic carbocycles. The standard InChI is InChI=1S/C22H16BrNO4S/c1-27-18-10-13(11-19-21(25)24-22(26)29-19)9-17(23)20(18)28-12-15-7-4-6-14-5-2-3-8-16(14)15/h2-11H,12H2,1H3,(H,24,25,26)/b19-11+. The monoisotopic (exact) mass is 469 g/mol. The van der Waals surface area contributed by atoms with Crippen molar-refractivity contribution in [1.82, 2.24) is 5.32 Å². The highest BCUT2D eigenvalue weighted by Gasteiger charge is 2.25. The zero-order valence-corrected chi connectivity index (χ0v) is 17.8. The van der Waals surface area contributed by atoms with Gasteiger partial charge in [0.1, 0.15) is 6.61 Å². The van der Waals surface area contributed by atoms with Crippen LogP contribution in [-0.2, 0) is 11.4 Å². The number of carbonyl (C=O) groups excluding carboxylic acids is 2. The summed E-state index contributed by atoms with van der Waals surface area (Å²) in [6.07, 6.45) is 1.65. The second kappa shape index (κ2) is 8.31. The average molecular weight is 470 g/mol. The quantitative estimate of drug-likeness (QED) is 0.498. The molecule has 1 fully saturated rings. The Labute approximate surface area is 180 Å². The number of amides is 2. The van der Waals surface area contributed by atoms with E-state index in [2.05, 4.69) is 39.4 Å². The third-order valence-electron chi connectivity index (χ3n) is 4.44. The molecule has 0 spiro atoms. The molecule has 3 aromatic rings. The number of ether oxygens (including phenoxy) is 2. The predicted molar refractivity (Wildman–Crippen MR) is 118 cm³/mol. The molecule has 2 amide bonds. The van der Waals surface area contributed by atoms with E-state index in [1.807, 2.05) is 30.3 Å². The van der Waals surface area contributed by atoms with Crippen LogP contribution in [0.15, 0.2) is 64.0 Å². The maximum Gasteiger partial charge on any atom is 0.290 e. The van der Waals surface area contributed by atoms with Crippen LogP contribution in [0.5, 0.6) is 11.5 Å². The summed E-state index contributed by atoms with van der Waals surface area (Å²) in [5, 5.41) is 4.17. The molecule has 1 aliphatic rings. The molecule has 0 bridgehead atoms. The van der Waals surface area contributed by atoms with E-state index in [1.54, 1.807) is 19.3 Å². The van der Waals surface area contributed by atoms with Crippen molar-refractivity contribution in [2.75, 3.05) is 7.11 Å². The van der Waals surface area contributed by atoms with Gasteiger partial charge in [-0.1, -0.05) is 42.5 Å². The highest BCUT2D eigenvalue weighted by molar-refractivity contribution is 9.10. The second-order valence-electron chi connectivity index (χ2n) is 6.31. The van der Waals surface area contributed by atoms with Crippen molar-refractivity contribution in [2.45, 2.75) is 6.61 Å². The van der Waals surface area contributed by atoms with Crippen LogP contribution >= 0.6 is 27.7 Å². The molecular formula is C22H16BrNO4S. The number of rotatable bonds is 5. The summed E-state index contributed by atoms with van der Waals surface area (Å²) in [5.41, 5.74) is 1.79. The van der Waals surface area contributed by atoms with Crippen LogP contribution in [-0.4, -0.2) is 18.3 Å². The lowest BCUT2D eigenvalue weighted by atomic mass is 10.1. The third kappa shape index (κ3) is 4.16. The van der Waals surface area contributed by atoms with E-state index in [4.69, 9.17) is 9.47 Å². The molecule has 0 aromatic heterocycles. The van der Waals surface area contributed by atoms with Crippen molar-refractivity contribution >= 4 is 55.7 Å². The van der Waals surface area contributed by atoms with E-state index in [-0.39, 0.29) is 5.24 Å². The molecule has 0 saturated carbocycles. The Hall–Kier alpha value is -2.77. The smallest absolute Gasteiger partial charge is 0.290 e. The minimum Gasteiger partial charge on any atom is -0.493 e. The molecule has 146 valence electrons. The summed E-state index contributed by atoms with van der Waals surface area (Å²) in [6.45, 7) is 0.378. The highest BCUT2D eigenvalue weighted by Crippen LogP contribution is 2.39. The Balaban J connectivity index is 1.62. The molecule has 1 saturated heterocycles. The van der Waals surface area contributed by atoms with Gasteiger partial charge in [0.25, 0.3) is 11.1 Å². The fraction of sp³-hybridized carbons (Fsp3) is 0.0909. The van der Waals surface area contributed by atoms with E-state index in [1.165, 1.54) is 0 Å². The normalized spacial score (nSPS) is 15.0. The Morgan fingerprint density at radius 1 is 1.10 bits per heavy atom. The molecule has 4 rings (SSSR count). The van der Waals surface area contributed by atoms with Crippen molar-refractivity contribution < 1.29 is 19.1 Å². The number of imide groups is 1. The first-order valence-corrected chi connectivity index (χ1v) is 10.4. The number of hydrogen-bond acceptors (Lipinski definition) is 5. The number of hydrogen-bond donors (Lipinski definition) is 1. The number of methoxy groups -OCH3 is 1. The maximum absolute atomic E-state index is 11.8. The molecule has 0 radical (unpaired) electrons. The minimum absolute atomic E-state index is 0.341. The van der Waals surface area contributed by atoms with Crippen LogP contribution in [0.1, 0.15) is 11.1 Å². The fourth-order valence-corrected chi connectivity index (χ4v) is 4.36. The average Bonchev–Trinajstić information content (AvgIpc) is 3.03. The van der Waals surface area contributed by atoms with Gasteiger partial charge in [-0.15, -0.1) is 0 Å². The van der Waals surface area contributed by atoms with Gasteiger partial charge in [0.2, 0.25) is 0 Å². The summed E-state index contributed by atoms with van der Waals surface area (Å²) in [7, 11) is 1.56. The number of fused-ring (bicyclic) bond motifs is 1. The molecule has 0 atom stereocenters. The van der Waals surface area contributed by atoms with E-state index >= 15 is 0 Å². The lowest BCUT2D eigenvalue weighted by Crippen LogP contribution is -2.17. The van der Waals surface area contributed by atoms with Crippen LogP contribution in [0.2, 0.25) is 0 Å². The molecule has 1 N–H and O–H groups in total. The number of thioether (sulfide) groups is 1. The van der Waals surface area contributed by atoms with Gasteiger partial charge in [0.05, 0.1) is 16.5 Å². The number of halogens is 1. The number of nitrogens with one attached hydrogen (secondary N) is 1. The molecule has 1 aliphatic heterocycles. The van der Waals surface area contributed by atoms with Crippen LogP contribution in [0.25, 0.3) is 16.8 Å². The predicted octanol–water partition coefficient (Wildman–Crippen LogP) is 5.51. The molecule has 1 heterocycles. The van der Waals surface area contributed by atoms with E-state index in [0.717, 1.165) is 33.7 Å². The van der Waals surface area contributed by atoms with Crippen molar-refractivity contribution in [2.24, 2.45) is 0 Å². The Bertz CT molecular complexity index is 1150. The molecule has 29 heavy (non-hydrogen) atoms. The van der Waals surface area contributed by atoms with Crippen molar-refractivity contribution in [3.63, 3.8) is 0 Å². The van der Waals surface area contributed by atoms with Crippen molar-refractivity contribution in [1.29, 1.82) is 0 Å². The first-order valence-electron chi connectivity index (χ1n) is 8.77. The number of carbonyl (C=O) groups is 2. The summed E-state index contributed by atoms with van der Waals surface area (Å²) < 4.78 is 12.3. The number of benzene rings is 3. The second-order valence-corrected chi connectivity index (χ2v) is 8.18. The molecular weight excluding hydrogens is 454 g/mol. The van der Waals surface area contributed by atoms with Gasteiger partial charge < -0.3 is 9.47 Å². The van der Waals surface area contributed by atoms with Gasteiger partial charge in [-0.25, -0.2) is 0 Å². The van der Waals surface area contributed by atoms with Gasteiger partial charge in [-0.3, -0.25) is 14.9 Å². The SMILES string of the molecule is COc1cc(/C=C2/SC(=O)NC2=O)cc(Br)c1OCc1cccc2ccccc12. The summed E-state index contributed by atoms with van der Waals surface area (Å²) >= 11 is 4.40. The Kier molecular flexibility index (Phi) is 5.60. The van der Waals surface area contributed by atoms with Gasteiger partial charge >= 0.3 is 0 Å². The summed E-state index contributed by atoms with van der Waals surface area (Å²) in [6, 6.07) is 17.9. The summed E-state index contributed by atoms with van der Waals surface area (Å²) in [4.78, 5) is 23.5. The van der Waals surface area contributed by atoms with Gasteiger partial charge in [-0.05, 0) is 67.8 Å². The minimum atomic E-state index is -0.397. The van der Waals surface area contributed by atoms with Crippen LogP contribution in [0.4, 0.5) is 4.79 Å². The van der Waals surface area contributed by atoms with Crippen LogP contribution in [0.3, 0.4) is 0 Å². The first kappa shape index (κ1) is 19.5. The zero-order chi connectivity index (χ0) is 20.4. The van der Waals surface area contributed by atoms with Crippen LogP contribution in [0, 0.1) is 0 Å². The Morgan fingerprint density at radius 2 is 1.90 bits per heavy atom. The Morgan fingerprint density at radius 3 is 2.66 bits per heavy atom. The highest BCUT2D eigenvalue weighted by atomic mass is 79.9. The lowest BCUT2D eigenvalue weighted by molar-refractivity contribution is -0.115. The molecule has 7 heteroatoms. The fourth-order valence-electron chi connectivity index (χ4n) is 3.10. The van der Waals surface area contributed by atoms with Crippen molar-refractivity contribution in [3.8, 4) is 11.5 Å². The molecule has 0 aliphatic carbocycles. The van der Waals surface area contributed by atoms with Gasteiger partial charge in [-0.2, -0.15) is 0 Å². The van der Waals surface area contributed by atoms with E-state index < -0.39 is 5.91 Å². The molecule has 5 nitrogen and oxygen atoms in total. The maximum atomic E-state index is 11.8. The van der Waals surface area contributed by atoms with E-state index in [9.17, 15) is 9.59 Å². The summed E-state index contributed by atoms with van der Waals surface area (Å²) in [5.74, 6) is 0.703. The van der Waals surface area contributed by atoms with Crippen molar-refractivity contribution in [3.05, 3.63) is 75.1 Å². The zero-order valence-electron chi connectivity index (χ0n) is 15.4. The van der Waals surface area contributed by atoms with Crippen LogP contribution < -0.4 is 14.8 Å². The topological polar surface area (TPSA) is 64.6 Å². The van der Waals surface area contributed by atoms with Gasteiger partial charge in [0, 0.05) is 0 Å². The first-order chi connectivity index (χ1) is 14.0. The lowest BCUT2D eigenvalue weighted by Gasteiger charge is -2.15. The molecule has 0 unspecified atom stereocenters. The van der Waals surface area contributed by atoms with Gasteiger partial charge in [0.15, 0.2) is 11.5 Å². The largest absolute Gasteiger partial charge is 0.493 e.